The summed E-state index contributed by atoms with van der Waals surface area (Å²) in [5.74, 6) is -1.71. The molecule has 0 aliphatic rings. The molecular formula is C14H9N3O3. The smallest absolute Gasteiger partial charge is 0.354 e. The molecule has 0 spiro atoms. The lowest BCUT2D eigenvalue weighted by molar-refractivity contribution is 0.0690. The lowest BCUT2D eigenvalue weighted by Crippen LogP contribution is -2.15. The van der Waals surface area contributed by atoms with Gasteiger partial charge in [-0.25, -0.2) is 9.78 Å². The summed E-state index contributed by atoms with van der Waals surface area (Å²) in [5, 5.41) is 20.1. The Balaban J connectivity index is 2.17. The zero-order valence-corrected chi connectivity index (χ0v) is 10.2. The zero-order chi connectivity index (χ0) is 14.5. The molecule has 0 saturated carbocycles. The summed E-state index contributed by atoms with van der Waals surface area (Å²) in [4.78, 5) is 26.4. The molecule has 0 aliphatic heterocycles. The third-order valence-electron chi connectivity index (χ3n) is 2.47. The Hall–Kier alpha value is -3.20. The van der Waals surface area contributed by atoms with Gasteiger partial charge in [0.05, 0.1) is 11.6 Å². The number of hydrogen-bond acceptors (Lipinski definition) is 4. The molecule has 0 fully saturated rings. The molecule has 2 aromatic rings. The van der Waals surface area contributed by atoms with Gasteiger partial charge >= 0.3 is 5.97 Å². The average molecular weight is 267 g/mol. The van der Waals surface area contributed by atoms with Crippen molar-refractivity contribution in [1.82, 2.24) is 4.98 Å². The molecule has 6 heteroatoms. The first-order chi connectivity index (χ1) is 9.60. The van der Waals surface area contributed by atoms with Gasteiger partial charge in [0.15, 0.2) is 0 Å². The van der Waals surface area contributed by atoms with E-state index >= 15 is 0 Å². The number of carbonyl (C=O) groups is 2. The first-order valence-electron chi connectivity index (χ1n) is 5.62. The molecule has 0 aliphatic carbocycles. The number of nitriles is 1. The molecule has 1 aromatic carbocycles. The predicted molar refractivity (Wildman–Crippen MR) is 70.3 cm³/mol. The van der Waals surface area contributed by atoms with E-state index in [2.05, 4.69) is 10.3 Å². The van der Waals surface area contributed by atoms with Crippen LogP contribution in [0.4, 0.5) is 5.69 Å². The molecule has 0 radical (unpaired) electrons. The third kappa shape index (κ3) is 2.97. The minimum absolute atomic E-state index is 0.00857. The number of carbonyl (C=O) groups excluding carboxylic acids is 1. The highest BCUT2D eigenvalue weighted by Crippen LogP contribution is 2.10. The molecule has 20 heavy (non-hydrogen) atoms. The summed E-state index contributed by atoms with van der Waals surface area (Å²) in [6.45, 7) is 0. The number of rotatable bonds is 3. The highest BCUT2D eigenvalue weighted by molar-refractivity contribution is 6.03. The third-order valence-corrected chi connectivity index (χ3v) is 2.47. The van der Waals surface area contributed by atoms with E-state index in [1.54, 1.807) is 24.3 Å². The summed E-state index contributed by atoms with van der Waals surface area (Å²) in [5.41, 5.74) is 0.789. The van der Waals surface area contributed by atoms with Crippen LogP contribution in [0.5, 0.6) is 0 Å². The monoisotopic (exact) mass is 267 g/mol. The molecule has 98 valence electrons. The average Bonchev–Trinajstić information content (AvgIpc) is 2.48. The number of nitrogens with zero attached hydrogens (tertiary/aromatic N) is 2. The van der Waals surface area contributed by atoms with Crippen molar-refractivity contribution in [1.29, 1.82) is 5.26 Å². The maximum absolute atomic E-state index is 11.9. The summed E-state index contributed by atoms with van der Waals surface area (Å²) in [6.07, 6.45) is 0. The maximum Gasteiger partial charge on any atom is 0.354 e. The van der Waals surface area contributed by atoms with Crippen molar-refractivity contribution in [2.75, 3.05) is 5.32 Å². The van der Waals surface area contributed by atoms with Crippen molar-refractivity contribution in [3.05, 3.63) is 59.4 Å². The van der Waals surface area contributed by atoms with Gasteiger partial charge in [-0.3, -0.25) is 4.79 Å². The van der Waals surface area contributed by atoms with Crippen LogP contribution in [-0.4, -0.2) is 22.0 Å². The standard InChI is InChI=1S/C14H9N3O3/c15-8-9-4-6-10(7-5-9)16-13(18)11-2-1-3-12(17-11)14(19)20/h1-7H,(H,16,18)(H,19,20). The molecular weight excluding hydrogens is 258 g/mol. The van der Waals surface area contributed by atoms with Crippen LogP contribution < -0.4 is 5.32 Å². The minimum atomic E-state index is -1.20. The molecule has 0 atom stereocenters. The van der Waals surface area contributed by atoms with Gasteiger partial charge in [0, 0.05) is 5.69 Å². The largest absolute Gasteiger partial charge is 0.477 e. The Morgan fingerprint density at radius 1 is 1.10 bits per heavy atom. The van der Waals surface area contributed by atoms with Crippen molar-refractivity contribution in [2.45, 2.75) is 0 Å². The second kappa shape index (κ2) is 5.63. The summed E-state index contributed by atoms with van der Waals surface area (Å²) < 4.78 is 0. The summed E-state index contributed by atoms with van der Waals surface area (Å²) in [7, 11) is 0. The van der Waals surface area contributed by atoms with Crippen LogP contribution in [-0.2, 0) is 0 Å². The van der Waals surface area contributed by atoms with Crippen molar-refractivity contribution in [2.24, 2.45) is 0 Å². The number of hydrogen-bond donors (Lipinski definition) is 2. The molecule has 1 heterocycles. The van der Waals surface area contributed by atoms with Crippen molar-refractivity contribution >= 4 is 17.6 Å². The summed E-state index contributed by atoms with van der Waals surface area (Å²) >= 11 is 0. The second-order valence-electron chi connectivity index (χ2n) is 3.86. The maximum atomic E-state index is 11.9. The molecule has 2 rings (SSSR count). The minimum Gasteiger partial charge on any atom is -0.477 e. The van der Waals surface area contributed by atoms with Crippen molar-refractivity contribution in [3.63, 3.8) is 0 Å². The first-order valence-corrected chi connectivity index (χ1v) is 5.62. The number of pyridine rings is 1. The Morgan fingerprint density at radius 2 is 1.75 bits per heavy atom. The highest BCUT2D eigenvalue weighted by atomic mass is 16.4. The van der Waals surface area contributed by atoms with E-state index in [-0.39, 0.29) is 11.4 Å². The Kier molecular flexibility index (Phi) is 3.72. The number of carboxylic acids is 1. The van der Waals surface area contributed by atoms with E-state index in [0.29, 0.717) is 11.3 Å². The van der Waals surface area contributed by atoms with Crippen molar-refractivity contribution in [3.8, 4) is 6.07 Å². The molecule has 1 aromatic heterocycles. The number of anilines is 1. The van der Waals surface area contributed by atoms with Gasteiger partial charge in [0.2, 0.25) is 0 Å². The summed E-state index contributed by atoms with van der Waals surface area (Å²) in [6, 6.07) is 12.4. The van der Waals surface area contributed by atoms with Gasteiger partial charge < -0.3 is 10.4 Å². The number of aromatic carboxylic acids is 1. The van der Waals surface area contributed by atoms with Crippen LogP contribution >= 0.6 is 0 Å². The lowest BCUT2D eigenvalue weighted by Gasteiger charge is -2.05. The fourth-order valence-corrected chi connectivity index (χ4v) is 1.50. The zero-order valence-electron chi connectivity index (χ0n) is 10.2. The van der Waals surface area contributed by atoms with Crippen LogP contribution in [0.25, 0.3) is 0 Å². The van der Waals surface area contributed by atoms with Gasteiger partial charge in [-0.15, -0.1) is 0 Å². The van der Waals surface area contributed by atoms with E-state index < -0.39 is 11.9 Å². The molecule has 1 amide bonds. The van der Waals surface area contributed by atoms with Crippen LogP contribution in [0, 0.1) is 11.3 Å². The Morgan fingerprint density at radius 3 is 2.35 bits per heavy atom. The van der Waals surface area contributed by atoms with Gasteiger partial charge in [-0.1, -0.05) is 6.07 Å². The number of amides is 1. The number of nitrogens with one attached hydrogen (secondary N) is 1. The number of benzene rings is 1. The Labute approximate surface area is 114 Å². The van der Waals surface area contributed by atoms with E-state index in [4.69, 9.17) is 10.4 Å². The van der Waals surface area contributed by atoms with Gasteiger partial charge in [0.1, 0.15) is 11.4 Å². The predicted octanol–water partition coefficient (Wildman–Crippen LogP) is 1.90. The first kappa shape index (κ1) is 13.2. The Bertz CT molecular complexity index is 702. The molecule has 0 bridgehead atoms. The van der Waals surface area contributed by atoms with E-state index in [0.717, 1.165) is 0 Å². The molecule has 0 saturated heterocycles. The van der Waals surface area contributed by atoms with Gasteiger partial charge in [0.25, 0.3) is 5.91 Å². The molecule has 2 N–H and O–H groups in total. The van der Waals surface area contributed by atoms with E-state index in [1.165, 1.54) is 18.2 Å². The second-order valence-corrected chi connectivity index (χ2v) is 3.86. The number of carboxylic acid groups (broad SMARTS) is 1. The van der Waals surface area contributed by atoms with Crippen LogP contribution in [0.15, 0.2) is 42.5 Å². The van der Waals surface area contributed by atoms with E-state index in [9.17, 15) is 9.59 Å². The molecule has 6 nitrogen and oxygen atoms in total. The fraction of sp³-hybridized carbons (Fsp3) is 0. The lowest BCUT2D eigenvalue weighted by atomic mass is 10.2. The van der Waals surface area contributed by atoms with Crippen molar-refractivity contribution < 1.29 is 14.7 Å². The quantitative estimate of drug-likeness (QED) is 0.884. The normalized spacial score (nSPS) is 9.55. The van der Waals surface area contributed by atoms with Crippen LogP contribution in [0.3, 0.4) is 0 Å². The van der Waals surface area contributed by atoms with Crippen LogP contribution in [0.1, 0.15) is 26.5 Å². The fourth-order valence-electron chi connectivity index (χ4n) is 1.50. The topological polar surface area (TPSA) is 103 Å². The van der Waals surface area contributed by atoms with Crippen LogP contribution in [0.2, 0.25) is 0 Å². The molecule has 0 unspecified atom stereocenters. The SMILES string of the molecule is N#Cc1ccc(NC(=O)c2cccc(C(=O)O)n2)cc1. The highest BCUT2D eigenvalue weighted by Gasteiger charge is 2.11. The van der Waals surface area contributed by atoms with E-state index in [1.807, 2.05) is 6.07 Å². The van der Waals surface area contributed by atoms with Gasteiger partial charge in [-0.2, -0.15) is 5.26 Å². The van der Waals surface area contributed by atoms with Gasteiger partial charge in [-0.05, 0) is 36.4 Å². The number of aromatic nitrogens is 1.